The van der Waals surface area contributed by atoms with Gasteiger partial charge in [0.2, 0.25) is 5.91 Å². The maximum Gasteiger partial charge on any atom is 0.237 e. The van der Waals surface area contributed by atoms with Crippen LogP contribution in [0.4, 0.5) is 0 Å². The third-order valence-corrected chi connectivity index (χ3v) is 6.55. The Hall–Kier alpha value is -0.610. The van der Waals surface area contributed by atoms with E-state index in [4.69, 9.17) is 0 Å². The predicted molar refractivity (Wildman–Crippen MR) is 94.4 cm³/mol. The summed E-state index contributed by atoms with van der Waals surface area (Å²) in [5.74, 6) is 2.09. The van der Waals surface area contributed by atoms with E-state index in [1.54, 1.807) is 0 Å². The average molecular weight is 322 g/mol. The number of hydrogen-bond acceptors (Lipinski definition) is 3. The Morgan fingerprint density at radius 1 is 0.913 bits per heavy atom. The van der Waals surface area contributed by atoms with Crippen molar-refractivity contribution in [2.24, 2.45) is 11.8 Å². The molecule has 0 N–H and O–H groups in total. The van der Waals surface area contributed by atoms with Gasteiger partial charge < -0.3 is 4.90 Å². The molecule has 0 aromatic carbocycles. The zero-order valence-corrected chi connectivity index (χ0v) is 15.5. The van der Waals surface area contributed by atoms with Crippen molar-refractivity contribution >= 4 is 5.91 Å². The molecule has 0 spiro atoms. The molecule has 2 heterocycles. The average Bonchev–Trinajstić information content (AvgIpc) is 2.47. The largest absolute Gasteiger partial charge is 0.335 e. The van der Waals surface area contributed by atoms with Gasteiger partial charge in [-0.2, -0.15) is 0 Å². The Morgan fingerprint density at radius 2 is 1.57 bits per heavy atom. The Labute approximate surface area is 142 Å². The van der Waals surface area contributed by atoms with Crippen LogP contribution in [0.5, 0.6) is 0 Å². The highest BCUT2D eigenvalue weighted by molar-refractivity contribution is 5.79. The number of carbonyl (C=O) groups is 1. The van der Waals surface area contributed by atoms with E-state index in [1.165, 1.54) is 25.7 Å². The molecule has 3 rings (SSSR count). The fourth-order valence-corrected chi connectivity index (χ4v) is 4.64. The first-order valence-electron chi connectivity index (χ1n) is 9.73. The van der Waals surface area contributed by atoms with E-state index in [-0.39, 0.29) is 0 Å². The van der Waals surface area contributed by atoms with Gasteiger partial charge in [0.05, 0.1) is 12.6 Å². The summed E-state index contributed by atoms with van der Waals surface area (Å²) in [5.41, 5.74) is 0. The van der Waals surface area contributed by atoms with E-state index in [2.05, 4.69) is 42.4 Å². The van der Waals surface area contributed by atoms with Crippen LogP contribution in [0.3, 0.4) is 0 Å². The topological polar surface area (TPSA) is 26.8 Å². The van der Waals surface area contributed by atoms with Gasteiger partial charge in [-0.3, -0.25) is 14.6 Å². The Kier molecular flexibility index (Phi) is 5.32. The van der Waals surface area contributed by atoms with Crippen molar-refractivity contribution < 1.29 is 4.79 Å². The molecular weight excluding hydrogens is 286 g/mol. The van der Waals surface area contributed by atoms with Crippen molar-refractivity contribution in [1.82, 2.24) is 14.7 Å². The molecule has 2 aliphatic heterocycles. The third-order valence-electron chi connectivity index (χ3n) is 6.55. The minimum absolute atomic E-state index is 0.371. The van der Waals surface area contributed by atoms with Crippen molar-refractivity contribution in [2.75, 3.05) is 32.7 Å². The zero-order chi connectivity index (χ0) is 16.6. The standard InChI is InChI=1S/C19H35N3O/c1-14(2)16-5-7-17(8-6-16)20-9-10-22(19(23)13-20)18-11-21(12-18)15(3)4/h14-18H,5-13H2,1-4H3. The molecule has 0 aromatic heterocycles. The van der Waals surface area contributed by atoms with Crippen molar-refractivity contribution in [3.8, 4) is 0 Å². The summed E-state index contributed by atoms with van der Waals surface area (Å²) in [6.45, 7) is 14.0. The molecule has 3 aliphatic rings. The van der Waals surface area contributed by atoms with Gasteiger partial charge in [0.15, 0.2) is 0 Å². The van der Waals surface area contributed by atoms with Gasteiger partial charge in [0.1, 0.15) is 0 Å². The number of nitrogens with zero attached hydrogens (tertiary/aromatic N) is 3. The van der Waals surface area contributed by atoms with Crippen LogP contribution in [0, 0.1) is 11.8 Å². The van der Waals surface area contributed by atoms with Gasteiger partial charge in [-0.1, -0.05) is 13.8 Å². The molecule has 4 nitrogen and oxygen atoms in total. The van der Waals surface area contributed by atoms with Gasteiger partial charge in [-0.15, -0.1) is 0 Å². The molecule has 23 heavy (non-hydrogen) atoms. The highest BCUT2D eigenvalue weighted by Crippen LogP contribution is 2.33. The summed E-state index contributed by atoms with van der Waals surface area (Å²) >= 11 is 0. The van der Waals surface area contributed by atoms with E-state index < -0.39 is 0 Å². The number of hydrogen-bond donors (Lipinski definition) is 0. The van der Waals surface area contributed by atoms with E-state index in [0.717, 1.165) is 38.0 Å². The fraction of sp³-hybridized carbons (Fsp3) is 0.947. The lowest BCUT2D eigenvalue weighted by molar-refractivity contribution is -0.145. The van der Waals surface area contributed by atoms with Gasteiger partial charge in [-0.25, -0.2) is 0 Å². The lowest BCUT2D eigenvalue weighted by Crippen LogP contribution is -2.66. The van der Waals surface area contributed by atoms with E-state index in [0.29, 0.717) is 30.6 Å². The Bertz CT molecular complexity index is 409. The van der Waals surface area contributed by atoms with Crippen LogP contribution in [0.1, 0.15) is 53.4 Å². The SMILES string of the molecule is CC(C)C1CCC(N2CCN(C3CN(C(C)C)C3)C(=O)C2)CC1. The summed E-state index contributed by atoms with van der Waals surface area (Å²) in [4.78, 5) is 19.7. The summed E-state index contributed by atoms with van der Waals surface area (Å²) in [7, 11) is 0. The molecule has 0 atom stereocenters. The van der Waals surface area contributed by atoms with Crippen LogP contribution in [0.25, 0.3) is 0 Å². The number of carbonyl (C=O) groups excluding carboxylic acids is 1. The molecular formula is C19H35N3O. The molecule has 0 radical (unpaired) electrons. The third kappa shape index (κ3) is 3.74. The molecule has 132 valence electrons. The van der Waals surface area contributed by atoms with Crippen LogP contribution in [-0.4, -0.2) is 71.5 Å². The number of amides is 1. The van der Waals surface area contributed by atoms with Crippen molar-refractivity contribution in [3.05, 3.63) is 0 Å². The van der Waals surface area contributed by atoms with Crippen LogP contribution >= 0.6 is 0 Å². The van der Waals surface area contributed by atoms with Crippen LogP contribution in [0.15, 0.2) is 0 Å². The minimum atomic E-state index is 0.371. The van der Waals surface area contributed by atoms with Crippen molar-refractivity contribution in [1.29, 1.82) is 0 Å². The van der Waals surface area contributed by atoms with Gasteiger partial charge >= 0.3 is 0 Å². The quantitative estimate of drug-likeness (QED) is 0.796. The lowest BCUT2D eigenvalue weighted by Gasteiger charge is -2.50. The first-order chi connectivity index (χ1) is 11.0. The maximum atomic E-state index is 12.6. The van der Waals surface area contributed by atoms with Gasteiger partial charge in [0, 0.05) is 38.3 Å². The summed E-state index contributed by atoms with van der Waals surface area (Å²) < 4.78 is 0. The predicted octanol–water partition coefficient (Wildman–Crippen LogP) is 2.44. The molecule has 1 aliphatic carbocycles. The van der Waals surface area contributed by atoms with Gasteiger partial charge in [-0.05, 0) is 51.4 Å². The maximum absolute atomic E-state index is 12.6. The molecule has 0 aromatic rings. The minimum Gasteiger partial charge on any atom is -0.335 e. The molecule has 3 fully saturated rings. The first-order valence-corrected chi connectivity index (χ1v) is 9.73. The van der Waals surface area contributed by atoms with E-state index in [9.17, 15) is 4.79 Å². The van der Waals surface area contributed by atoms with E-state index in [1.807, 2.05) is 0 Å². The number of rotatable bonds is 4. The Balaban J connectivity index is 1.45. The van der Waals surface area contributed by atoms with Crippen molar-refractivity contribution in [3.63, 3.8) is 0 Å². The number of piperazine rings is 1. The lowest BCUT2D eigenvalue weighted by atomic mass is 9.79. The molecule has 2 saturated heterocycles. The fourth-order valence-electron chi connectivity index (χ4n) is 4.64. The summed E-state index contributed by atoms with van der Waals surface area (Å²) in [6.07, 6.45) is 5.28. The summed E-state index contributed by atoms with van der Waals surface area (Å²) in [6, 6.07) is 1.74. The highest BCUT2D eigenvalue weighted by atomic mass is 16.2. The molecule has 0 unspecified atom stereocenters. The normalized spacial score (nSPS) is 31.9. The van der Waals surface area contributed by atoms with Crippen LogP contribution in [0.2, 0.25) is 0 Å². The molecule has 1 amide bonds. The zero-order valence-electron chi connectivity index (χ0n) is 15.5. The smallest absolute Gasteiger partial charge is 0.237 e. The monoisotopic (exact) mass is 321 g/mol. The molecule has 0 bridgehead atoms. The molecule has 1 saturated carbocycles. The number of likely N-dealkylation sites (tertiary alicyclic amines) is 1. The second-order valence-corrected chi connectivity index (χ2v) is 8.57. The second kappa shape index (κ2) is 7.10. The van der Waals surface area contributed by atoms with Crippen LogP contribution < -0.4 is 0 Å². The Morgan fingerprint density at radius 3 is 2.09 bits per heavy atom. The molecule has 4 heteroatoms. The first kappa shape index (κ1) is 17.2. The van der Waals surface area contributed by atoms with Crippen LogP contribution in [-0.2, 0) is 4.79 Å². The van der Waals surface area contributed by atoms with Gasteiger partial charge in [0.25, 0.3) is 0 Å². The highest BCUT2D eigenvalue weighted by Gasteiger charge is 2.39. The van der Waals surface area contributed by atoms with E-state index >= 15 is 0 Å². The second-order valence-electron chi connectivity index (χ2n) is 8.57. The summed E-state index contributed by atoms with van der Waals surface area (Å²) in [5, 5.41) is 0. The van der Waals surface area contributed by atoms with Crippen molar-refractivity contribution in [2.45, 2.75) is 71.5 Å².